The van der Waals surface area contributed by atoms with E-state index < -0.39 is 11.9 Å². The maximum atomic E-state index is 11.8. The number of esters is 1. The summed E-state index contributed by atoms with van der Waals surface area (Å²) in [5, 5.41) is 9.24. The zero-order chi connectivity index (χ0) is 14.4. The summed E-state index contributed by atoms with van der Waals surface area (Å²) < 4.78 is 10.8. The molecule has 1 aliphatic rings. The molecule has 3 unspecified atom stereocenters. The zero-order valence-electron chi connectivity index (χ0n) is 11.6. The van der Waals surface area contributed by atoms with E-state index in [-0.39, 0.29) is 12.0 Å². The third kappa shape index (κ3) is 3.37. The average Bonchev–Trinajstić information content (AvgIpc) is 2.49. The summed E-state index contributed by atoms with van der Waals surface area (Å²) in [5.41, 5.74) is 1.10. The predicted octanol–water partition coefficient (Wildman–Crippen LogP) is 2.86. The molecule has 0 amide bonds. The molecule has 1 fully saturated rings. The number of ether oxygens (including phenoxy) is 2. The van der Waals surface area contributed by atoms with Crippen molar-refractivity contribution in [1.82, 2.24) is 0 Å². The van der Waals surface area contributed by atoms with Crippen molar-refractivity contribution in [2.45, 2.75) is 25.9 Å². The molecular formula is C16H19NO3. The lowest BCUT2D eigenvalue weighted by molar-refractivity contribution is -0.149. The Morgan fingerprint density at radius 2 is 2.25 bits per heavy atom. The Labute approximate surface area is 119 Å². The van der Waals surface area contributed by atoms with Gasteiger partial charge in [0, 0.05) is 6.61 Å². The van der Waals surface area contributed by atoms with Crippen molar-refractivity contribution in [2.75, 3.05) is 13.2 Å². The average molecular weight is 273 g/mol. The fraction of sp³-hybridized carbons (Fsp3) is 0.500. The van der Waals surface area contributed by atoms with Crippen LogP contribution >= 0.6 is 0 Å². The first-order chi connectivity index (χ1) is 9.76. The van der Waals surface area contributed by atoms with Gasteiger partial charge in [-0.05, 0) is 31.2 Å². The molecule has 2 rings (SSSR count). The highest BCUT2D eigenvalue weighted by Gasteiger charge is 2.34. The lowest BCUT2D eigenvalue weighted by Gasteiger charge is -2.31. The first-order valence-electron chi connectivity index (χ1n) is 6.99. The number of nitrogens with zero attached hydrogens (tertiary/aromatic N) is 1. The van der Waals surface area contributed by atoms with E-state index in [1.807, 2.05) is 30.3 Å². The lowest BCUT2D eigenvalue weighted by Crippen LogP contribution is -2.30. The molecule has 0 spiro atoms. The van der Waals surface area contributed by atoms with Crippen LogP contribution < -0.4 is 0 Å². The maximum absolute atomic E-state index is 11.8. The van der Waals surface area contributed by atoms with E-state index in [1.54, 1.807) is 6.92 Å². The Hall–Kier alpha value is -1.86. The molecule has 1 saturated heterocycles. The molecular weight excluding hydrogens is 254 g/mol. The van der Waals surface area contributed by atoms with E-state index in [0.29, 0.717) is 19.6 Å². The Kier molecular flexibility index (Phi) is 5.14. The number of nitriles is 1. The molecule has 0 N–H and O–H groups in total. The van der Waals surface area contributed by atoms with Gasteiger partial charge in [-0.25, -0.2) is 0 Å². The number of carbonyl (C=O) groups excluding carboxylic acids is 1. The van der Waals surface area contributed by atoms with E-state index in [1.165, 1.54) is 0 Å². The smallest absolute Gasteiger partial charge is 0.323 e. The number of benzene rings is 1. The molecule has 1 aliphatic heterocycles. The largest absolute Gasteiger partial charge is 0.465 e. The van der Waals surface area contributed by atoms with E-state index in [4.69, 9.17) is 9.47 Å². The van der Waals surface area contributed by atoms with Crippen molar-refractivity contribution in [1.29, 1.82) is 5.26 Å². The molecule has 106 valence electrons. The minimum atomic E-state index is -0.690. The second kappa shape index (κ2) is 7.06. The number of hydrogen-bond donors (Lipinski definition) is 0. The Bertz CT molecular complexity index is 480. The van der Waals surface area contributed by atoms with Gasteiger partial charge >= 0.3 is 5.97 Å². The normalized spacial score (nSPS) is 23.6. The van der Waals surface area contributed by atoms with Crippen LogP contribution in [0.3, 0.4) is 0 Å². The van der Waals surface area contributed by atoms with Crippen molar-refractivity contribution in [3.63, 3.8) is 0 Å². The van der Waals surface area contributed by atoms with Gasteiger partial charge in [-0.1, -0.05) is 30.3 Å². The number of hydrogen-bond acceptors (Lipinski definition) is 4. The monoisotopic (exact) mass is 273 g/mol. The molecule has 3 atom stereocenters. The second-order valence-electron chi connectivity index (χ2n) is 4.91. The summed E-state index contributed by atoms with van der Waals surface area (Å²) in [6, 6.07) is 12.0. The molecule has 0 aliphatic carbocycles. The van der Waals surface area contributed by atoms with E-state index in [9.17, 15) is 10.1 Å². The standard InChI is InChI=1S/C16H19NO3/c1-2-19-16(18)14(11-17)13-8-9-20-15(10-13)12-6-4-3-5-7-12/h3-7,13-15H,2,8-10H2,1H3. The molecule has 1 aromatic carbocycles. The second-order valence-corrected chi connectivity index (χ2v) is 4.91. The topological polar surface area (TPSA) is 59.3 Å². The highest BCUT2D eigenvalue weighted by atomic mass is 16.5. The third-order valence-electron chi connectivity index (χ3n) is 3.65. The zero-order valence-corrected chi connectivity index (χ0v) is 11.6. The fourth-order valence-electron chi connectivity index (χ4n) is 2.61. The molecule has 1 heterocycles. The molecule has 20 heavy (non-hydrogen) atoms. The molecule has 0 aromatic heterocycles. The van der Waals surface area contributed by atoms with Crippen LogP contribution in [0.25, 0.3) is 0 Å². The van der Waals surface area contributed by atoms with Crippen molar-refractivity contribution < 1.29 is 14.3 Å². The first-order valence-corrected chi connectivity index (χ1v) is 6.99. The van der Waals surface area contributed by atoms with Gasteiger partial charge in [-0.2, -0.15) is 5.26 Å². The highest BCUT2D eigenvalue weighted by Crippen LogP contribution is 2.35. The molecule has 4 nitrogen and oxygen atoms in total. The van der Waals surface area contributed by atoms with Crippen molar-refractivity contribution >= 4 is 5.97 Å². The fourth-order valence-corrected chi connectivity index (χ4v) is 2.61. The molecule has 1 aromatic rings. The van der Waals surface area contributed by atoms with Gasteiger partial charge in [0.25, 0.3) is 0 Å². The maximum Gasteiger partial charge on any atom is 0.323 e. The molecule has 0 radical (unpaired) electrons. The van der Waals surface area contributed by atoms with Crippen molar-refractivity contribution in [2.24, 2.45) is 11.8 Å². The van der Waals surface area contributed by atoms with E-state index in [2.05, 4.69) is 6.07 Å². The summed E-state index contributed by atoms with van der Waals surface area (Å²) in [7, 11) is 0. The SMILES string of the molecule is CCOC(=O)C(C#N)C1CCOC(c2ccccc2)C1. The Morgan fingerprint density at radius 1 is 1.50 bits per heavy atom. The quantitative estimate of drug-likeness (QED) is 0.791. The van der Waals surface area contributed by atoms with Crippen molar-refractivity contribution in [3.8, 4) is 6.07 Å². The Balaban J connectivity index is 2.06. The van der Waals surface area contributed by atoms with Crippen LogP contribution in [0.2, 0.25) is 0 Å². The van der Waals surface area contributed by atoms with Gasteiger partial charge in [0.05, 0.1) is 18.8 Å². The van der Waals surface area contributed by atoms with Crippen LogP contribution in [0.5, 0.6) is 0 Å². The van der Waals surface area contributed by atoms with Gasteiger partial charge in [0.15, 0.2) is 0 Å². The van der Waals surface area contributed by atoms with Crippen molar-refractivity contribution in [3.05, 3.63) is 35.9 Å². The van der Waals surface area contributed by atoms with E-state index in [0.717, 1.165) is 12.0 Å². The minimum Gasteiger partial charge on any atom is -0.465 e. The van der Waals surface area contributed by atoms with Gasteiger partial charge < -0.3 is 9.47 Å². The third-order valence-corrected chi connectivity index (χ3v) is 3.65. The van der Waals surface area contributed by atoms with Gasteiger partial charge in [0.1, 0.15) is 5.92 Å². The van der Waals surface area contributed by atoms with Gasteiger partial charge in [-0.15, -0.1) is 0 Å². The van der Waals surface area contributed by atoms with Crippen LogP contribution in [0.1, 0.15) is 31.4 Å². The molecule has 4 heteroatoms. The summed E-state index contributed by atoms with van der Waals surface area (Å²) in [4.78, 5) is 11.8. The van der Waals surface area contributed by atoms with Gasteiger partial charge in [0.2, 0.25) is 0 Å². The van der Waals surface area contributed by atoms with E-state index >= 15 is 0 Å². The van der Waals surface area contributed by atoms with Crippen LogP contribution in [0, 0.1) is 23.2 Å². The Morgan fingerprint density at radius 3 is 2.90 bits per heavy atom. The molecule has 0 bridgehead atoms. The number of carbonyl (C=O) groups is 1. The summed E-state index contributed by atoms with van der Waals surface area (Å²) in [6.45, 7) is 2.63. The minimum absolute atomic E-state index is 0.00185. The highest BCUT2D eigenvalue weighted by molar-refractivity contribution is 5.75. The predicted molar refractivity (Wildman–Crippen MR) is 73.6 cm³/mol. The molecule has 0 saturated carbocycles. The number of rotatable bonds is 4. The van der Waals surface area contributed by atoms with Crippen LogP contribution in [0.15, 0.2) is 30.3 Å². The summed E-state index contributed by atoms with van der Waals surface area (Å²) >= 11 is 0. The summed E-state index contributed by atoms with van der Waals surface area (Å²) in [6.07, 6.45) is 1.36. The lowest BCUT2D eigenvalue weighted by atomic mass is 9.83. The van der Waals surface area contributed by atoms with Crippen LogP contribution in [0.4, 0.5) is 0 Å². The van der Waals surface area contributed by atoms with Crippen LogP contribution in [-0.2, 0) is 14.3 Å². The first kappa shape index (κ1) is 14.5. The summed E-state index contributed by atoms with van der Waals surface area (Å²) in [5.74, 6) is -1.10. The van der Waals surface area contributed by atoms with Crippen LogP contribution in [-0.4, -0.2) is 19.2 Å². The van der Waals surface area contributed by atoms with Gasteiger partial charge in [-0.3, -0.25) is 4.79 Å².